The second-order valence-corrected chi connectivity index (χ2v) is 7.14. The highest BCUT2D eigenvalue weighted by Crippen LogP contribution is 2.28. The normalized spacial score (nSPS) is 11.6. The highest BCUT2D eigenvalue weighted by Gasteiger charge is 2.17. The summed E-state index contributed by atoms with van der Waals surface area (Å²) in [4.78, 5) is 0.749. The fourth-order valence-electron chi connectivity index (χ4n) is 2.75. The molecule has 2 aromatic carbocycles. The van der Waals surface area contributed by atoms with Gasteiger partial charge in [0.1, 0.15) is 10.6 Å². The van der Waals surface area contributed by atoms with Crippen LogP contribution >= 0.6 is 22.9 Å². The second-order valence-electron chi connectivity index (χ2n) is 5.67. The highest BCUT2D eigenvalue weighted by molar-refractivity contribution is 7.16. The molecule has 0 unspecified atom stereocenters. The van der Waals surface area contributed by atoms with Crippen LogP contribution in [0.5, 0.6) is 0 Å². The molecule has 7 heteroatoms. The van der Waals surface area contributed by atoms with Crippen LogP contribution < -0.4 is 0 Å². The van der Waals surface area contributed by atoms with Crippen LogP contribution in [0.3, 0.4) is 0 Å². The van der Waals surface area contributed by atoms with Gasteiger partial charge in [0.2, 0.25) is 10.8 Å². The van der Waals surface area contributed by atoms with E-state index in [9.17, 15) is 0 Å². The Hall–Kier alpha value is -2.70. The second kappa shape index (κ2) is 5.68. The molecular weight excluding hydrogens is 356 g/mol. The van der Waals surface area contributed by atoms with Crippen LogP contribution in [-0.4, -0.2) is 19.8 Å². The molecule has 0 aliphatic heterocycles. The summed E-state index contributed by atoms with van der Waals surface area (Å²) < 4.78 is 7.63. The van der Waals surface area contributed by atoms with E-state index in [0.29, 0.717) is 11.6 Å². The quantitative estimate of drug-likeness (QED) is 0.458. The van der Waals surface area contributed by atoms with Gasteiger partial charge in [-0.1, -0.05) is 53.3 Å². The van der Waals surface area contributed by atoms with Crippen molar-refractivity contribution < 1.29 is 4.42 Å². The standard InChI is InChI=1S/C18H11ClN4OS/c19-13-7-5-11(6-8-13)9-16-22-23-17(20-21-18(23)25-16)15-10-12-3-1-2-4-14(12)24-15/h1-8,10H,9H2. The average Bonchev–Trinajstić information content (AvgIpc) is 3.29. The molecule has 5 rings (SSSR count). The largest absolute Gasteiger partial charge is 0.453 e. The zero-order valence-electron chi connectivity index (χ0n) is 12.9. The summed E-state index contributed by atoms with van der Waals surface area (Å²) >= 11 is 7.46. The first-order valence-electron chi connectivity index (χ1n) is 7.71. The fraction of sp³-hybridized carbons (Fsp3) is 0.0556. The maximum Gasteiger partial charge on any atom is 0.235 e. The Balaban J connectivity index is 1.54. The zero-order chi connectivity index (χ0) is 16.8. The molecule has 0 spiro atoms. The number of nitrogens with zero attached hydrogens (tertiary/aromatic N) is 4. The molecule has 0 radical (unpaired) electrons. The number of aromatic nitrogens is 4. The summed E-state index contributed by atoms with van der Waals surface area (Å²) in [6.45, 7) is 0. The van der Waals surface area contributed by atoms with Crippen molar-refractivity contribution in [2.75, 3.05) is 0 Å². The van der Waals surface area contributed by atoms with Gasteiger partial charge in [-0.05, 0) is 29.8 Å². The molecule has 0 saturated carbocycles. The lowest BCUT2D eigenvalue weighted by atomic mass is 10.2. The van der Waals surface area contributed by atoms with Crippen LogP contribution in [0.15, 0.2) is 59.0 Å². The Labute approximate surface area is 151 Å². The number of para-hydroxylation sites is 1. The summed E-state index contributed by atoms with van der Waals surface area (Å²) in [6.07, 6.45) is 0.727. The maximum atomic E-state index is 5.94. The van der Waals surface area contributed by atoms with Crippen LogP contribution in [0, 0.1) is 0 Å². The number of rotatable bonds is 3. The number of halogens is 1. The smallest absolute Gasteiger partial charge is 0.235 e. The van der Waals surface area contributed by atoms with Gasteiger partial charge in [-0.25, -0.2) is 0 Å². The predicted octanol–water partition coefficient (Wildman–Crippen LogP) is 4.84. The van der Waals surface area contributed by atoms with Gasteiger partial charge in [0.05, 0.1) is 0 Å². The summed E-state index contributed by atoms with van der Waals surface area (Å²) in [5.74, 6) is 1.28. The van der Waals surface area contributed by atoms with E-state index in [2.05, 4.69) is 15.3 Å². The number of hydrogen-bond donors (Lipinski definition) is 0. The summed E-state index contributed by atoms with van der Waals surface area (Å²) in [7, 11) is 0. The number of furan rings is 1. The van der Waals surface area contributed by atoms with E-state index in [1.54, 1.807) is 4.52 Å². The molecule has 0 aliphatic rings. The van der Waals surface area contributed by atoms with E-state index < -0.39 is 0 Å². The molecule has 5 nitrogen and oxygen atoms in total. The summed E-state index contributed by atoms with van der Waals surface area (Å²) in [5, 5.41) is 15.8. The third-order valence-corrected chi connectivity index (χ3v) is 5.10. The fourth-order valence-corrected chi connectivity index (χ4v) is 3.74. The van der Waals surface area contributed by atoms with Gasteiger partial charge in [-0.3, -0.25) is 0 Å². The molecule has 5 aromatic rings. The van der Waals surface area contributed by atoms with E-state index >= 15 is 0 Å². The van der Waals surface area contributed by atoms with Crippen LogP contribution in [0.4, 0.5) is 0 Å². The Morgan fingerprint density at radius 2 is 1.88 bits per heavy atom. The van der Waals surface area contributed by atoms with Gasteiger partial charge < -0.3 is 4.42 Å². The van der Waals surface area contributed by atoms with Gasteiger partial charge in [0, 0.05) is 16.8 Å². The first kappa shape index (κ1) is 14.6. The van der Waals surface area contributed by atoms with Crippen molar-refractivity contribution in [2.24, 2.45) is 0 Å². The Morgan fingerprint density at radius 3 is 2.72 bits per heavy atom. The van der Waals surface area contributed by atoms with E-state index in [1.807, 2.05) is 54.6 Å². The van der Waals surface area contributed by atoms with Crippen LogP contribution in [0.25, 0.3) is 27.5 Å². The Kier molecular flexibility index (Phi) is 3.33. The van der Waals surface area contributed by atoms with Gasteiger partial charge in [-0.2, -0.15) is 9.61 Å². The van der Waals surface area contributed by atoms with Crippen molar-refractivity contribution in [1.82, 2.24) is 19.8 Å². The number of hydrogen-bond acceptors (Lipinski definition) is 5. The number of fused-ring (bicyclic) bond motifs is 2. The third-order valence-electron chi connectivity index (χ3n) is 3.95. The van der Waals surface area contributed by atoms with Crippen LogP contribution in [0.2, 0.25) is 5.02 Å². The SMILES string of the molecule is Clc1ccc(Cc2nn3c(-c4cc5ccccc5o4)nnc3s2)cc1. The van der Waals surface area contributed by atoms with Gasteiger partial charge >= 0.3 is 0 Å². The van der Waals surface area contributed by atoms with Gasteiger partial charge in [0.15, 0.2) is 5.76 Å². The van der Waals surface area contributed by atoms with Crippen LogP contribution in [0.1, 0.15) is 10.6 Å². The summed E-state index contributed by atoms with van der Waals surface area (Å²) in [5.41, 5.74) is 1.98. The van der Waals surface area contributed by atoms with E-state index in [0.717, 1.165) is 37.9 Å². The third kappa shape index (κ3) is 2.59. The molecular formula is C18H11ClN4OS. The predicted molar refractivity (Wildman–Crippen MR) is 98.1 cm³/mol. The van der Waals surface area contributed by atoms with Gasteiger partial charge in [0.25, 0.3) is 0 Å². The summed E-state index contributed by atoms with van der Waals surface area (Å²) in [6, 6.07) is 17.6. The van der Waals surface area contributed by atoms with E-state index in [4.69, 9.17) is 16.0 Å². The monoisotopic (exact) mass is 366 g/mol. The lowest BCUT2D eigenvalue weighted by Crippen LogP contribution is -1.92. The molecule has 0 amide bonds. The van der Waals surface area contributed by atoms with Crippen molar-refractivity contribution in [1.29, 1.82) is 0 Å². The highest BCUT2D eigenvalue weighted by atomic mass is 35.5. The van der Waals surface area contributed by atoms with Crippen molar-refractivity contribution in [3.8, 4) is 11.6 Å². The molecule has 122 valence electrons. The molecule has 0 aliphatic carbocycles. The van der Waals surface area contributed by atoms with E-state index in [-0.39, 0.29) is 0 Å². The molecule has 3 aromatic heterocycles. The minimum Gasteiger partial charge on any atom is -0.453 e. The van der Waals surface area contributed by atoms with Crippen molar-refractivity contribution in [3.63, 3.8) is 0 Å². The van der Waals surface area contributed by atoms with Crippen molar-refractivity contribution in [3.05, 3.63) is 70.2 Å². The maximum absolute atomic E-state index is 5.94. The molecule has 0 N–H and O–H groups in total. The molecule has 0 fully saturated rings. The Bertz CT molecular complexity index is 1160. The molecule has 0 atom stereocenters. The molecule has 0 bridgehead atoms. The minimum atomic E-state index is 0.616. The van der Waals surface area contributed by atoms with Crippen molar-refractivity contribution in [2.45, 2.75) is 6.42 Å². The zero-order valence-corrected chi connectivity index (χ0v) is 14.5. The first-order chi connectivity index (χ1) is 12.3. The van der Waals surface area contributed by atoms with Crippen LogP contribution in [-0.2, 0) is 6.42 Å². The van der Waals surface area contributed by atoms with Crippen molar-refractivity contribution >= 4 is 38.9 Å². The molecule has 0 saturated heterocycles. The topological polar surface area (TPSA) is 56.2 Å². The van der Waals surface area contributed by atoms with E-state index in [1.165, 1.54) is 11.3 Å². The number of benzene rings is 2. The minimum absolute atomic E-state index is 0.616. The lowest BCUT2D eigenvalue weighted by molar-refractivity contribution is 0.621. The molecule has 3 heterocycles. The Morgan fingerprint density at radius 1 is 1.04 bits per heavy atom. The van der Waals surface area contributed by atoms with Gasteiger partial charge in [-0.15, -0.1) is 10.2 Å². The molecule has 25 heavy (non-hydrogen) atoms. The lowest BCUT2D eigenvalue weighted by Gasteiger charge is -1.97. The first-order valence-corrected chi connectivity index (χ1v) is 8.90. The average molecular weight is 367 g/mol.